The van der Waals surface area contributed by atoms with Crippen LogP contribution >= 0.6 is 0 Å². The third-order valence-corrected chi connectivity index (χ3v) is 6.53. The highest BCUT2D eigenvalue weighted by atomic mass is 16.5. The van der Waals surface area contributed by atoms with Gasteiger partial charge in [-0.15, -0.1) is 0 Å². The van der Waals surface area contributed by atoms with Crippen molar-refractivity contribution in [3.63, 3.8) is 0 Å². The minimum absolute atomic E-state index is 0.0801. The molecule has 0 spiro atoms. The number of amides is 2. The average Bonchev–Trinajstić information content (AvgIpc) is 3.42. The summed E-state index contributed by atoms with van der Waals surface area (Å²) in [5.74, 6) is 0.00836. The molecule has 2 aliphatic heterocycles. The molecule has 0 aromatic carbocycles. The maximum absolute atomic E-state index is 13.4. The van der Waals surface area contributed by atoms with Gasteiger partial charge in [-0.05, 0) is 45.2 Å². The number of fused-ring (bicyclic) bond motifs is 2. The molecule has 2 aliphatic rings. The Kier molecular flexibility index (Phi) is 5.68. The van der Waals surface area contributed by atoms with Gasteiger partial charge in [0.1, 0.15) is 23.7 Å². The number of pyridine rings is 1. The lowest BCUT2D eigenvalue weighted by Crippen LogP contribution is -2.32. The van der Waals surface area contributed by atoms with E-state index in [4.69, 9.17) is 4.74 Å². The van der Waals surface area contributed by atoms with E-state index in [-0.39, 0.29) is 48.1 Å². The van der Waals surface area contributed by atoms with Crippen LogP contribution in [-0.2, 0) is 22.6 Å². The van der Waals surface area contributed by atoms with E-state index in [1.807, 2.05) is 32.9 Å². The maximum Gasteiger partial charge on any atom is 0.280 e. The second kappa shape index (κ2) is 8.68. The fourth-order valence-electron chi connectivity index (χ4n) is 4.64. The highest BCUT2D eigenvalue weighted by molar-refractivity contribution is 5.98. The summed E-state index contributed by atoms with van der Waals surface area (Å²) in [6, 6.07) is 5.34. The van der Waals surface area contributed by atoms with Crippen LogP contribution in [0.3, 0.4) is 0 Å². The molecule has 0 saturated carbocycles. The number of rotatable bonds is 5. The van der Waals surface area contributed by atoms with Crippen LogP contribution in [0.4, 0.5) is 5.82 Å². The monoisotopic (exact) mass is 464 g/mol. The van der Waals surface area contributed by atoms with Gasteiger partial charge in [0.2, 0.25) is 5.91 Å². The van der Waals surface area contributed by atoms with Crippen molar-refractivity contribution in [3.8, 4) is 0 Å². The standard InChI is InChI=1S/C24H28N6O4/c1-14(2)28-12-17-22(24(28)33)29(13-20(31)26-19-5-4-15(3)11-25-19)21-10-18(27-30(21)23(17)32)16-6-8-34-9-7-16/h4-5,10-11,14,16H,6-9,12-13H2,1-3H3,(H,25,26,31). The number of hydrogen-bond acceptors (Lipinski definition) is 6. The van der Waals surface area contributed by atoms with E-state index >= 15 is 0 Å². The third-order valence-electron chi connectivity index (χ3n) is 6.53. The molecule has 0 bridgehead atoms. The molecule has 10 heteroatoms. The van der Waals surface area contributed by atoms with Gasteiger partial charge in [-0.3, -0.25) is 14.4 Å². The number of nitrogens with zero attached hydrogens (tertiary/aromatic N) is 5. The highest BCUT2D eigenvalue weighted by Gasteiger charge is 2.36. The van der Waals surface area contributed by atoms with Crippen LogP contribution < -0.4 is 10.9 Å². The molecule has 2 amide bonds. The second-order valence-electron chi connectivity index (χ2n) is 9.24. The Balaban J connectivity index is 1.59. The number of aryl methyl sites for hydroxylation is 1. The predicted molar refractivity (Wildman–Crippen MR) is 125 cm³/mol. The van der Waals surface area contributed by atoms with E-state index < -0.39 is 0 Å². The Hall–Kier alpha value is -3.53. The minimum atomic E-state index is -0.339. The van der Waals surface area contributed by atoms with Gasteiger partial charge in [-0.2, -0.15) is 9.61 Å². The van der Waals surface area contributed by atoms with Crippen molar-refractivity contribution < 1.29 is 14.3 Å². The van der Waals surface area contributed by atoms with Gasteiger partial charge in [0.25, 0.3) is 11.5 Å². The summed E-state index contributed by atoms with van der Waals surface area (Å²) in [5.41, 5.74) is 2.53. The van der Waals surface area contributed by atoms with Crippen LogP contribution in [0.1, 0.15) is 59.9 Å². The van der Waals surface area contributed by atoms with E-state index in [0.717, 1.165) is 24.1 Å². The van der Waals surface area contributed by atoms with Crippen molar-refractivity contribution in [1.29, 1.82) is 0 Å². The first kappa shape index (κ1) is 22.3. The first-order valence-corrected chi connectivity index (χ1v) is 11.6. The molecule has 34 heavy (non-hydrogen) atoms. The number of carbonyl (C=O) groups excluding carboxylic acids is 2. The molecule has 1 fully saturated rings. The summed E-state index contributed by atoms with van der Waals surface area (Å²) in [6.07, 6.45) is 3.31. The number of nitrogens with one attached hydrogen (secondary N) is 1. The molecule has 0 aliphatic carbocycles. The van der Waals surface area contributed by atoms with Crippen molar-refractivity contribution in [3.05, 3.63) is 57.3 Å². The third kappa shape index (κ3) is 3.87. The molecule has 1 N–H and O–H groups in total. The Labute approximate surface area is 196 Å². The van der Waals surface area contributed by atoms with Gasteiger partial charge < -0.3 is 19.5 Å². The Morgan fingerprint density at radius 2 is 2.00 bits per heavy atom. The van der Waals surface area contributed by atoms with Crippen molar-refractivity contribution >= 4 is 23.3 Å². The predicted octanol–water partition coefficient (Wildman–Crippen LogP) is 2.10. The van der Waals surface area contributed by atoms with Crippen molar-refractivity contribution in [1.82, 2.24) is 24.1 Å². The lowest BCUT2D eigenvalue weighted by Gasteiger charge is -2.20. The largest absolute Gasteiger partial charge is 0.381 e. The van der Waals surface area contributed by atoms with Crippen LogP contribution in [-0.4, -0.2) is 55.1 Å². The molecule has 3 aromatic rings. The molecule has 1 saturated heterocycles. The normalized spacial score (nSPS) is 16.5. The van der Waals surface area contributed by atoms with E-state index in [2.05, 4.69) is 15.4 Å². The highest BCUT2D eigenvalue weighted by Crippen LogP contribution is 2.29. The van der Waals surface area contributed by atoms with Crippen LogP contribution in [0.2, 0.25) is 0 Å². The molecule has 0 radical (unpaired) electrons. The Morgan fingerprint density at radius 1 is 1.24 bits per heavy atom. The summed E-state index contributed by atoms with van der Waals surface area (Å²) in [5, 5.41) is 7.41. The van der Waals surface area contributed by atoms with Gasteiger partial charge in [0.05, 0.1) is 17.8 Å². The zero-order valence-corrected chi connectivity index (χ0v) is 19.6. The number of aromatic nitrogens is 4. The molecule has 0 unspecified atom stereocenters. The molecule has 5 rings (SSSR count). The van der Waals surface area contributed by atoms with E-state index in [1.165, 1.54) is 4.52 Å². The van der Waals surface area contributed by atoms with Gasteiger partial charge in [0.15, 0.2) is 0 Å². The van der Waals surface area contributed by atoms with Crippen molar-refractivity contribution in [2.45, 2.75) is 58.7 Å². The average molecular weight is 465 g/mol. The molecular weight excluding hydrogens is 436 g/mol. The molecule has 10 nitrogen and oxygen atoms in total. The Morgan fingerprint density at radius 3 is 2.68 bits per heavy atom. The maximum atomic E-state index is 13.4. The molecule has 0 atom stereocenters. The summed E-state index contributed by atoms with van der Waals surface area (Å²) >= 11 is 0. The van der Waals surface area contributed by atoms with E-state index in [0.29, 0.717) is 30.2 Å². The van der Waals surface area contributed by atoms with Gasteiger partial charge >= 0.3 is 0 Å². The fourth-order valence-corrected chi connectivity index (χ4v) is 4.64. The number of hydrogen-bond donors (Lipinski definition) is 1. The van der Waals surface area contributed by atoms with Crippen LogP contribution in [0.25, 0.3) is 5.65 Å². The van der Waals surface area contributed by atoms with Gasteiger partial charge in [-0.1, -0.05) is 6.07 Å². The minimum Gasteiger partial charge on any atom is -0.381 e. The summed E-state index contributed by atoms with van der Waals surface area (Å²) < 4.78 is 8.43. The number of ether oxygens (including phenoxy) is 1. The lowest BCUT2D eigenvalue weighted by molar-refractivity contribution is -0.116. The summed E-state index contributed by atoms with van der Waals surface area (Å²) in [6.45, 7) is 7.08. The number of carbonyl (C=O) groups is 2. The number of anilines is 1. The zero-order valence-electron chi connectivity index (χ0n) is 19.6. The van der Waals surface area contributed by atoms with Crippen LogP contribution in [0.5, 0.6) is 0 Å². The molecular formula is C24H28N6O4. The fraction of sp³-hybridized carbons (Fsp3) is 0.458. The van der Waals surface area contributed by atoms with Crippen LogP contribution in [0, 0.1) is 6.92 Å². The zero-order chi connectivity index (χ0) is 24.0. The summed E-state index contributed by atoms with van der Waals surface area (Å²) in [4.78, 5) is 45.6. The Bertz CT molecular complexity index is 1320. The first-order valence-electron chi connectivity index (χ1n) is 11.6. The lowest BCUT2D eigenvalue weighted by atomic mass is 9.97. The van der Waals surface area contributed by atoms with Gasteiger partial charge in [-0.25, -0.2) is 4.98 Å². The molecule has 178 valence electrons. The molecule has 5 heterocycles. The quantitative estimate of drug-likeness (QED) is 0.619. The first-order chi connectivity index (χ1) is 16.3. The second-order valence-corrected chi connectivity index (χ2v) is 9.24. The SMILES string of the molecule is Cc1ccc(NC(=O)Cn2c3c(c(=O)n4nc(C5CCOCC5)cc24)CN(C(C)C)C3=O)nc1. The van der Waals surface area contributed by atoms with Crippen molar-refractivity contribution in [2.24, 2.45) is 0 Å². The van der Waals surface area contributed by atoms with Crippen molar-refractivity contribution in [2.75, 3.05) is 18.5 Å². The smallest absolute Gasteiger partial charge is 0.280 e. The van der Waals surface area contributed by atoms with E-state index in [9.17, 15) is 14.4 Å². The topological polar surface area (TPSA) is 111 Å². The van der Waals surface area contributed by atoms with E-state index in [1.54, 1.807) is 21.7 Å². The van der Waals surface area contributed by atoms with Crippen LogP contribution in [0.15, 0.2) is 29.2 Å². The van der Waals surface area contributed by atoms with Gasteiger partial charge in [0, 0.05) is 37.4 Å². The summed E-state index contributed by atoms with van der Waals surface area (Å²) in [7, 11) is 0. The molecule has 3 aromatic heterocycles.